The van der Waals surface area contributed by atoms with Crippen molar-refractivity contribution in [2.45, 2.75) is 44.7 Å². The molecule has 11 heteroatoms. The van der Waals surface area contributed by atoms with Gasteiger partial charge in [0.15, 0.2) is 0 Å². The molecular formula is C29H33Cl2N3O5S. The Hall–Kier alpha value is -3.27. The van der Waals surface area contributed by atoms with E-state index in [0.29, 0.717) is 28.6 Å². The van der Waals surface area contributed by atoms with Crippen molar-refractivity contribution in [3.05, 3.63) is 87.9 Å². The molecule has 1 N–H and O–H groups in total. The van der Waals surface area contributed by atoms with Crippen LogP contribution in [0.15, 0.2) is 71.6 Å². The summed E-state index contributed by atoms with van der Waals surface area (Å²) in [5.74, 6) is -0.741. The van der Waals surface area contributed by atoms with Gasteiger partial charge in [-0.25, -0.2) is 8.42 Å². The van der Waals surface area contributed by atoms with Crippen LogP contribution in [0.2, 0.25) is 10.0 Å². The van der Waals surface area contributed by atoms with E-state index in [1.165, 1.54) is 24.1 Å². The van der Waals surface area contributed by atoms with Crippen molar-refractivity contribution in [1.29, 1.82) is 0 Å². The van der Waals surface area contributed by atoms with Crippen LogP contribution in [0.4, 0.5) is 5.69 Å². The fourth-order valence-electron chi connectivity index (χ4n) is 4.06. The molecule has 3 aromatic carbocycles. The van der Waals surface area contributed by atoms with E-state index < -0.39 is 28.5 Å². The average molecular weight is 607 g/mol. The van der Waals surface area contributed by atoms with Gasteiger partial charge >= 0.3 is 0 Å². The number of nitrogens with one attached hydrogen (secondary N) is 1. The number of hydrogen-bond donors (Lipinski definition) is 1. The first-order valence-corrected chi connectivity index (χ1v) is 14.9. The molecule has 8 nitrogen and oxygen atoms in total. The summed E-state index contributed by atoms with van der Waals surface area (Å²) in [5, 5.41) is 3.44. The molecule has 214 valence electrons. The maximum absolute atomic E-state index is 14.0. The average Bonchev–Trinajstić information content (AvgIpc) is 2.94. The number of hydrogen-bond acceptors (Lipinski definition) is 5. The number of amides is 2. The standard InChI is InChI=1S/C29H33Cl2N3O5S/c1-5-16-32-29(36)21(3)33(18-23-24(30)12-9-13-25(23)31)28(35)19-34(26-17-20(2)14-15-27(26)39-4)40(37,38)22-10-7-6-8-11-22/h6-15,17,21H,5,16,18-19H2,1-4H3,(H,32,36). The van der Waals surface area contributed by atoms with E-state index in [2.05, 4.69) is 5.32 Å². The van der Waals surface area contributed by atoms with Crippen molar-refractivity contribution in [3.8, 4) is 5.75 Å². The highest BCUT2D eigenvalue weighted by molar-refractivity contribution is 7.92. The molecule has 0 saturated heterocycles. The zero-order valence-corrected chi connectivity index (χ0v) is 25.2. The fraction of sp³-hybridized carbons (Fsp3) is 0.310. The number of benzene rings is 3. The van der Waals surface area contributed by atoms with Gasteiger partial charge in [-0.1, -0.05) is 60.5 Å². The number of sulfonamides is 1. The van der Waals surface area contributed by atoms with Gasteiger partial charge in [0.25, 0.3) is 10.0 Å². The minimum absolute atomic E-state index is 0.000736. The lowest BCUT2D eigenvalue weighted by Gasteiger charge is -2.32. The number of carbonyl (C=O) groups excluding carboxylic acids is 2. The van der Waals surface area contributed by atoms with Gasteiger partial charge in [-0.15, -0.1) is 0 Å². The topological polar surface area (TPSA) is 96.0 Å². The smallest absolute Gasteiger partial charge is 0.264 e. The number of nitrogens with zero attached hydrogens (tertiary/aromatic N) is 2. The maximum Gasteiger partial charge on any atom is 0.264 e. The van der Waals surface area contributed by atoms with Crippen molar-refractivity contribution in [2.24, 2.45) is 0 Å². The molecule has 0 aromatic heterocycles. The van der Waals surface area contributed by atoms with Gasteiger partial charge in [-0.2, -0.15) is 0 Å². The van der Waals surface area contributed by atoms with E-state index in [9.17, 15) is 18.0 Å². The Morgan fingerprint density at radius 2 is 1.65 bits per heavy atom. The summed E-state index contributed by atoms with van der Waals surface area (Å²) in [6.07, 6.45) is 0.707. The van der Waals surface area contributed by atoms with Crippen LogP contribution in [-0.2, 0) is 26.2 Å². The second-order valence-corrected chi connectivity index (χ2v) is 11.9. The number of carbonyl (C=O) groups is 2. The third kappa shape index (κ3) is 7.27. The van der Waals surface area contributed by atoms with Crippen molar-refractivity contribution in [3.63, 3.8) is 0 Å². The predicted molar refractivity (Wildman–Crippen MR) is 158 cm³/mol. The van der Waals surface area contributed by atoms with Crippen molar-refractivity contribution < 1.29 is 22.7 Å². The molecule has 0 aliphatic rings. The second-order valence-electron chi connectivity index (χ2n) is 9.19. The molecule has 0 radical (unpaired) electrons. The summed E-state index contributed by atoms with van der Waals surface area (Å²) in [6.45, 7) is 5.01. The normalized spacial score (nSPS) is 11.9. The number of halogens is 2. The molecule has 1 atom stereocenters. The van der Waals surface area contributed by atoms with Gasteiger partial charge in [0.2, 0.25) is 11.8 Å². The van der Waals surface area contributed by atoms with Crippen LogP contribution in [0.5, 0.6) is 5.75 Å². The van der Waals surface area contributed by atoms with Crippen LogP contribution in [0.25, 0.3) is 0 Å². The first kappa shape index (κ1) is 31.3. The molecular weight excluding hydrogens is 573 g/mol. The highest BCUT2D eigenvalue weighted by Gasteiger charge is 2.34. The van der Waals surface area contributed by atoms with E-state index in [1.807, 2.05) is 13.8 Å². The van der Waals surface area contributed by atoms with Crippen LogP contribution in [0, 0.1) is 6.92 Å². The van der Waals surface area contributed by atoms with E-state index in [0.717, 1.165) is 9.87 Å². The van der Waals surface area contributed by atoms with Gasteiger partial charge in [0.1, 0.15) is 18.3 Å². The first-order chi connectivity index (χ1) is 19.0. The summed E-state index contributed by atoms with van der Waals surface area (Å²) in [7, 11) is -2.80. The molecule has 0 heterocycles. The second kappa shape index (κ2) is 13.9. The van der Waals surface area contributed by atoms with Gasteiger partial charge in [-0.3, -0.25) is 13.9 Å². The van der Waals surface area contributed by atoms with Crippen molar-refractivity contribution >= 4 is 50.7 Å². The zero-order valence-electron chi connectivity index (χ0n) is 22.9. The van der Waals surface area contributed by atoms with Crippen LogP contribution >= 0.6 is 23.2 Å². The quantitative estimate of drug-likeness (QED) is 0.296. The first-order valence-electron chi connectivity index (χ1n) is 12.7. The Labute approximate surface area is 245 Å². The van der Waals surface area contributed by atoms with Gasteiger partial charge in [-0.05, 0) is 62.2 Å². The summed E-state index contributed by atoms with van der Waals surface area (Å²) in [6, 6.07) is 16.9. The minimum atomic E-state index is -4.23. The van der Waals surface area contributed by atoms with E-state index in [1.54, 1.807) is 61.5 Å². The number of aryl methyl sites for hydroxylation is 1. The number of ether oxygens (including phenoxy) is 1. The third-order valence-electron chi connectivity index (χ3n) is 6.32. The van der Waals surface area contributed by atoms with Gasteiger partial charge in [0.05, 0.1) is 17.7 Å². The van der Waals surface area contributed by atoms with E-state index in [-0.39, 0.29) is 28.8 Å². The molecule has 2 amide bonds. The maximum atomic E-state index is 14.0. The molecule has 3 rings (SSSR count). The summed E-state index contributed by atoms with van der Waals surface area (Å²) in [4.78, 5) is 28.3. The largest absolute Gasteiger partial charge is 0.495 e. The molecule has 0 spiro atoms. The lowest BCUT2D eigenvalue weighted by atomic mass is 10.1. The van der Waals surface area contributed by atoms with Crippen LogP contribution in [-0.4, -0.2) is 51.4 Å². The Balaban J connectivity index is 2.12. The monoisotopic (exact) mass is 605 g/mol. The highest BCUT2D eigenvalue weighted by Crippen LogP contribution is 2.34. The lowest BCUT2D eigenvalue weighted by Crippen LogP contribution is -2.51. The molecule has 1 unspecified atom stereocenters. The minimum Gasteiger partial charge on any atom is -0.495 e. The van der Waals surface area contributed by atoms with Crippen molar-refractivity contribution in [1.82, 2.24) is 10.2 Å². The molecule has 40 heavy (non-hydrogen) atoms. The van der Waals surface area contributed by atoms with Crippen molar-refractivity contribution in [2.75, 3.05) is 24.5 Å². The molecule has 3 aromatic rings. The third-order valence-corrected chi connectivity index (χ3v) is 8.80. The van der Waals surface area contributed by atoms with Gasteiger partial charge < -0.3 is 15.0 Å². The summed E-state index contributed by atoms with van der Waals surface area (Å²) < 4.78 is 34.4. The number of rotatable bonds is 12. The molecule has 0 saturated carbocycles. The Bertz CT molecular complexity index is 1430. The van der Waals surface area contributed by atoms with E-state index in [4.69, 9.17) is 27.9 Å². The summed E-state index contributed by atoms with van der Waals surface area (Å²) >= 11 is 12.8. The van der Waals surface area contributed by atoms with Crippen LogP contribution < -0.4 is 14.4 Å². The molecule has 0 fully saturated rings. The number of methoxy groups -OCH3 is 1. The Morgan fingerprint density at radius 1 is 1.00 bits per heavy atom. The Kier molecular flexibility index (Phi) is 10.8. The summed E-state index contributed by atoms with van der Waals surface area (Å²) in [5.41, 5.74) is 1.40. The van der Waals surface area contributed by atoms with E-state index >= 15 is 0 Å². The molecule has 0 bridgehead atoms. The number of anilines is 1. The van der Waals surface area contributed by atoms with Crippen LogP contribution in [0.1, 0.15) is 31.4 Å². The predicted octanol–water partition coefficient (Wildman–Crippen LogP) is 5.45. The highest BCUT2D eigenvalue weighted by atomic mass is 35.5. The Morgan fingerprint density at radius 3 is 2.25 bits per heavy atom. The zero-order chi connectivity index (χ0) is 29.4. The van der Waals surface area contributed by atoms with Crippen LogP contribution in [0.3, 0.4) is 0 Å². The molecule has 0 aliphatic carbocycles. The fourth-order valence-corrected chi connectivity index (χ4v) is 6.01. The molecule has 0 aliphatic heterocycles. The SMILES string of the molecule is CCCNC(=O)C(C)N(Cc1c(Cl)cccc1Cl)C(=O)CN(c1cc(C)ccc1OC)S(=O)(=O)c1ccccc1. The van der Waals surface area contributed by atoms with Gasteiger partial charge in [0, 0.05) is 28.7 Å². The lowest BCUT2D eigenvalue weighted by molar-refractivity contribution is -0.139.